The predicted molar refractivity (Wildman–Crippen MR) is 122 cm³/mol. The molecule has 2 aliphatic heterocycles. The van der Waals surface area contributed by atoms with E-state index in [0.717, 1.165) is 12.1 Å². The lowest BCUT2D eigenvalue weighted by Gasteiger charge is -2.50. The Morgan fingerprint density at radius 2 is 1.86 bits per heavy atom. The van der Waals surface area contributed by atoms with Gasteiger partial charge in [0, 0.05) is 43.6 Å². The summed E-state index contributed by atoms with van der Waals surface area (Å²) in [5, 5.41) is 7.39. The first kappa shape index (κ1) is 25.8. The van der Waals surface area contributed by atoms with Gasteiger partial charge in [-0.15, -0.1) is 10.2 Å². The molecular weight excluding hydrogens is 543 g/mol. The van der Waals surface area contributed by atoms with Gasteiger partial charge < -0.3 is 19.0 Å². The number of hydrogen-bond acceptors (Lipinski definition) is 6. The van der Waals surface area contributed by atoms with Gasteiger partial charge in [0.15, 0.2) is 0 Å². The van der Waals surface area contributed by atoms with E-state index >= 15 is 8.78 Å². The number of benzene rings is 1. The van der Waals surface area contributed by atoms with Gasteiger partial charge in [0.25, 0.3) is 11.8 Å². The van der Waals surface area contributed by atoms with Crippen molar-refractivity contribution in [3.8, 4) is 0 Å². The number of carbonyl (C=O) groups excluding carboxylic acids is 2. The van der Waals surface area contributed by atoms with Gasteiger partial charge in [-0.2, -0.15) is 8.78 Å². The minimum atomic E-state index is -3.70. The first-order valence-electron chi connectivity index (χ1n) is 11.2. The zero-order valence-corrected chi connectivity index (χ0v) is 20.6. The van der Waals surface area contributed by atoms with Crippen LogP contribution in [0, 0.1) is 11.3 Å². The maximum Gasteiger partial charge on any atom is 0.410 e. The van der Waals surface area contributed by atoms with E-state index in [1.165, 1.54) is 21.9 Å². The van der Waals surface area contributed by atoms with Crippen molar-refractivity contribution in [1.29, 1.82) is 0 Å². The number of alkyl halides is 4. The fraction of sp³-hybridized carbons (Fsp3) is 0.478. The van der Waals surface area contributed by atoms with Gasteiger partial charge in [-0.1, -0.05) is 41.9 Å². The van der Waals surface area contributed by atoms with E-state index in [1.807, 2.05) is 0 Å². The molecule has 2 saturated heterocycles. The van der Waals surface area contributed by atoms with Gasteiger partial charge in [0.2, 0.25) is 11.8 Å². The molecule has 1 aromatic carbocycles. The van der Waals surface area contributed by atoms with Crippen LogP contribution in [0.25, 0.3) is 0 Å². The highest BCUT2D eigenvalue weighted by Crippen LogP contribution is 2.54. The van der Waals surface area contributed by atoms with Crippen LogP contribution in [-0.4, -0.2) is 70.7 Å². The molecule has 2 amide bonds. The molecule has 1 spiro atoms. The summed E-state index contributed by atoms with van der Waals surface area (Å²) < 4.78 is 67.7. The number of hydrogen-bond donors (Lipinski definition) is 0. The molecule has 198 valence electrons. The lowest BCUT2D eigenvalue weighted by Crippen LogP contribution is -2.62. The van der Waals surface area contributed by atoms with E-state index in [2.05, 4.69) is 16.8 Å². The first-order valence-corrected chi connectivity index (χ1v) is 12.0. The fourth-order valence-electron chi connectivity index (χ4n) is 4.88. The smallest absolute Gasteiger partial charge is 0.410 e. The molecule has 37 heavy (non-hydrogen) atoms. The Morgan fingerprint density at radius 1 is 1.19 bits per heavy atom. The van der Waals surface area contributed by atoms with Crippen LogP contribution in [0.1, 0.15) is 29.7 Å². The van der Waals surface area contributed by atoms with Gasteiger partial charge >= 0.3 is 12.0 Å². The fourth-order valence-corrected chi connectivity index (χ4v) is 5.18. The molecule has 0 bridgehead atoms. The lowest BCUT2D eigenvalue weighted by atomic mass is 9.71. The molecule has 3 aliphatic rings. The molecular formula is C23H20Cl2F4N4O4. The Bertz CT molecular complexity index is 1270. The van der Waals surface area contributed by atoms with E-state index in [4.69, 9.17) is 32.4 Å². The zero-order valence-electron chi connectivity index (χ0n) is 19.1. The largest absolute Gasteiger partial charge is 0.445 e. The highest BCUT2D eigenvalue weighted by Gasteiger charge is 2.66. The molecule has 2 aromatic rings. The number of likely N-dealkylation sites (tertiary alicyclic amines) is 2. The number of nitrogens with zero attached hydrogens (tertiary/aromatic N) is 4. The van der Waals surface area contributed by atoms with Crippen LogP contribution in [-0.2, 0) is 15.5 Å². The third kappa shape index (κ3) is 4.43. The Labute approximate surface area is 218 Å². The highest BCUT2D eigenvalue weighted by atomic mass is 35.5. The van der Waals surface area contributed by atoms with Crippen LogP contribution in [0.5, 0.6) is 0 Å². The van der Waals surface area contributed by atoms with Crippen LogP contribution in [0.3, 0.4) is 0 Å². The van der Waals surface area contributed by atoms with Gasteiger partial charge in [-0.3, -0.25) is 4.79 Å². The Morgan fingerprint density at radius 3 is 2.49 bits per heavy atom. The summed E-state index contributed by atoms with van der Waals surface area (Å²) in [6, 6.07) is 3.29. The predicted octanol–water partition coefficient (Wildman–Crippen LogP) is 4.72. The summed E-state index contributed by atoms with van der Waals surface area (Å²) in [6.07, 6.45) is 0.201. The van der Waals surface area contributed by atoms with Crippen molar-refractivity contribution in [3.05, 3.63) is 58.2 Å². The molecule has 0 radical (unpaired) electrons. The third-order valence-corrected chi connectivity index (χ3v) is 7.71. The molecule has 1 aromatic heterocycles. The second-order valence-corrected chi connectivity index (χ2v) is 10.3. The Kier molecular flexibility index (Phi) is 6.18. The summed E-state index contributed by atoms with van der Waals surface area (Å²) in [4.78, 5) is 27.6. The minimum absolute atomic E-state index is 0.0163. The summed E-state index contributed by atoms with van der Waals surface area (Å²) >= 11 is 11.7. The Balaban J connectivity index is 1.39. The van der Waals surface area contributed by atoms with Crippen LogP contribution in [0.15, 0.2) is 35.3 Å². The molecule has 5 rings (SSSR count). The molecule has 14 heteroatoms. The molecule has 3 fully saturated rings. The van der Waals surface area contributed by atoms with E-state index in [1.54, 1.807) is 0 Å². The van der Waals surface area contributed by atoms with Crippen molar-refractivity contribution in [1.82, 2.24) is 20.0 Å². The van der Waals surface area contributed by atoms with Crippen molar-refractivity contribution < 1.29 is 36.3 Å². The number of rotatable bonds is 6. The quantitative estimate of drug-likeness (QED) is 0.374. The summed E-state index contributed by atoms with van der Waals surface area (Å²) in [5.41, 5.74) is -1.37. The number of amides is 2. The van der Waals surface area contributed by atoms with Crippen LogP contribution in [0.4, 0.5) is 22.4 Å². The van der Waals surface area contributed by atoms with Crippen LogP contribution < -0.4 is 0 Å². The maximum absolute atomic E-state index is 15.2. The van der Waals surface area contributed by atoms with E-state index in [0.29, 0.717) is 0 Å². The molecule has 1 aliphatic carbocycles. The van der Waals surface area contributed by atoms with Crippen molar-refractivity contribution in [2.75, 3.05) is 32.8 Å². The SMILES string of the molecule is C=CCOC(=O)N1CC(c2nnc(C(F)(F)c3ccc(Cl)c(Cl)c3)o2)C2(C1)CN(C(=O)[C@H]1CC1(F)F)C2. The normalized spacial score (nSPS) is 23.6. The van der Waals surface area contributed by atoms with E-state index in [9.17, 15) is 18.4 Å². The first-order chi connectivity index (χ1) is 17.4. The molecule has 1 saturated carbocycles. The average molecular weight is 563 g/mol. The van der Waals surface area contributed by atoms with Crippen molar-refractivity contribution in [2.24, 2.45) is 11.3 Å². The van der Waals surface area contributed by atoms with Gasteiger partial charge in [-0.25, -0.2) is 13.6 Å². The topological polar surface area (TPSA) is 88.8 Å². The lowest BCUT2D eigenvalue weighted by molar-refractivity contribution is -0.147. The zero-order chi connectivity index (χ0) is 26.8. The van der Waals surface area contributed by atoms with Crippen molar-refractivity contribution in [3.63, 3.8) is 0 Å². The second-order valence-electron chi connectivity index (χ2n) is 9.52. The van der Waals surface area contributed by atoms with Gasteiger partial charge in [0.1, 0.15) is 12.5 Å². The molecule has 3 heterocycles. The van der Waals surface area contributed by atoms with E-state index < -0.39 is 59.0 Å². The van der Waals surface area contributed by atoms with Gasteiger partial charge in [-0.05, 0) is 12.1 Å². The minimum Gasteiger partial charge on any atom is -0.445 e. The molecule has 8 nitrogen and oxygen atoms in total. The van der Waals surface area contributed by atoms with Crippen LogP contribution in [0.2, 0.25) is 10.0 Å². The summed E-state index contributed by atoms with van der Waals surface area (Å²) in [6.45, 7) is 3.55. The van der Waals surface area contributed by atoms with Crippen molar-refractivity contribution >= 4 is 35.2 Å². The number of ether oxygens (including phenoxy) is 1. The number of halogens is 6. The third-order valence-electron chi connectivity index (χ3n) is 6.97. The monoisotopic (exact) mass is 562 g/mol. The number of aromatic nitrogens is 2. The Hall–Kier alpha value is -2.86. The standard InChI is InChI=1S/C23H20Cl2F4N4O4/c1-2-5-36-20(35)32-8-14(21(9-32)10-33(11-21)18(34)13-7-22(13,26)27)17-30-31-19(37-17)23(28,29)12-3-4-15(24)16(25)6-12/h2-4,6,13-14H,1,5,7-11H2/t13-,14?/m1/s1. The number of carbonyl (C=O) groups is 2. The second kappa shape index (κ2) is 8.87. The average Bonchev–Trinajstić information content (AvgIpc) is 3.20. The van der Waals surface area contributed by atoms with E-state index in [-0.39, 0.29) is 48.7 Å². The molecule has 2 atom stereocenters. The van der Waals surface area contributed by atoms with Crippen LogP contribution >= 0.6 is 23.2 Å². The van der Waals surface area contributed by atoms with Crippen molar-refractivity contribution in [2.45, 2.75) is 24.2 Å². The summed E-state index contributed by atoms with van der Waals surface area (Å²) in [5.74, 6) is -10.7. The molecule has 1 unspecified atom stereocenters. The molecule has 0 N–H and O–H groups in total. The van der Waals surface area contributed by atoms with Gasteiger partial charge in [0.05, 0.1) is 16.0 Å². The highest BCUT2D eigenvalue weighted by molar-refractivity contribution is 6.42. The summed E-state index contributed by atoms with van der Waals surface area (Å²) in [7, 11) is 0. The maximum atomic E-state index is 15.2.